The molecule has 4 rings (SSSR count). The average molecular weight is 315 g/mol. The van der Waals surface area contributed by atoms with Crippen LogP contribution in [0.1, 0.15) is 50.1 Å². The topological polar surface area (TPSA) is 30.0 Å². The van der Waals surface area contributed by atoms with Crippen LogP contribution in [-0.2, 0) is 18.6 Å². The maximum atomic E-state index is 12.9. The van der Waals surface area contributed by atoms with Crippen molar-refractivity contribution in [3.8, 4) is 0 Å². The molecule has 2 aromatic rings. The van der Waals surface area contributed by atoms with Crippen LogP contribution >= 0.6 is 23.1 Å². The molecule has 21 heavy (non-hydrogen) atoms. The first kappa shape index (κ1) is 13.5. The molecule has 0 amide bonds. The van der Waals surface area contributed by atoms with E-state index in [-0.39, 0.29) is 5.92 Å². The highest BCUT2D eigenvalue weighted by atomic mass is 32.2. The molecule has 0 radical (unpaired) electrons. The quantitative estimate of drug-likeness (QED) is 0.777. The smallest absolute Gasteiger partial charge is 0.181 e. The number of fused-ring (bicyclic) bond motifs is 2. The average Bonchev–Trinajstić information content (AvgIpc) is 2.97. The number of thiophene rings is 1. The number of hydrogen-bond donors (Lipinski definition) is 0. The SMILES string of the molecule is O=C(c1cc2c(s1)CCSC2)C1CCCc2cccnc21. The summed E-state index contributed by atoms with van der Waals surface area (Å²) in [7, 11) is 0. The van der Waals surface area contributed by atoms with Crippen molar-refractivity contribution in [1.82, 2.24) is 4.98 Å². The number of Topliss-reactive ketones (excluding diaryl/α,β-unsaturated/α-hetero) is 1. The second-order valence-corrected chi connectivity index (χ2v) is 7.96. The molecule has 2 aliphatic rings. The molecule has 0 saturated carbocycles. The van der Waals surface area contributed by atoms with E-state index in [4.69, 9.17) is 0 Å². The molecular weight excluding hydrogens is 298 g/mol. The van der Waals surface area contributed by atoms with Crippen LogP contribution in [0.3, 0.4) is 0 Å². The summed E-state index contributed by atoms with van der Waals surface area (Å²) in [5.41, 5.74) is 3.67. The normalized spacial score (nSPS) is 20.7. The fraction of sp³-hybridized carbons (Fsp3) is 0.412. The molecule has 3 heterocycles. The number of thioether (sulfide) groups is 1. The lowest BCUT2D eigenvalue weighted by Gasteiger charge is -2.22. The summed E-state index contributed by atoms with van der Waals surface area (Å²) in [6.07, 6.45) is 6.04. The van der Waals surface area contributed by atoms with Gasteiger partial charge in [-0.15, -0.1) is 11.3 Å². The van der Waals surface area contributed by atoms with Crippen LogP contribution in [0.2, 0.25) is 0 Å². The third-order valence-electron chi connectivity index (χ3n) is 4.38. The minimum Gasteiger partial charge on any atom is -0.293 e. The largest absolute Gasteiger partial charge is 0.293 e. The highest BCUT2D eigenvalue weighted by Crippen LogP contribution is 2.37. The molecule has 4 heteroatoms. The van der Waals surface area contributed by atoms with Crippen molar-refractivity contribution in [3.05, 3.63) is 51.0 Å². The molecule has 1 aliphatic carbocycles. The first-order valence-corrected chi connectivity index (χ1v) is 9.47. The van der Waals surface area contributed by atoms with Gasteiger partial charge in [-0.3, -0.25) is 9.78 Å². The molecule has 0 aromatic carbocycles. The van der Waals surface area contributed by atoms with E-state index >= 15 is 0 Å². The lowest BCUT2D eigenvalue weighted by Crippen LogP contribution is -2.19. The number of aryl methyl sites for hydroxylation is 2. The molecule has 108 valence electrons. The van der Waals surface area contributed by atoms with Crippen LogP contribution < -0.4 is 0 Å². The molecular formula is C17H17NOS2. The summed E-state index contributed by atoms with van der Waals surface area (Å²) in [5, 5.41) is 0. The predicted octanol–water partition coefficient (Wildman–Crippen LogP) is 4.24. The van der Waals surface area contributed by atoms with Crippen molar-refractivity contribution in [1.29, 1.82) is 0 Å². The summed E-state index contributed by atoms with van der Waals surface area (Å²) < 4.78 is 0. The number of carbonyl (C=O) groups excluding carboxylic acids is 1. The maximum Gasteiger partial charge on any atom is 0.181 e. The number of hydrogen-bond acceptors (Lipinski definition) is 4. The van der Waals surface area contributed by atoms with Crippen LogP contribution in [0.4, 0.5) is 0 Å². The molecule has 0 fully saturated rings. The zero-order chi connectivity index (χ0) is 14.2. The van der Waals surface area contributed by atoms with Gasteiger partial charge >= 0.3 is 0 Å². The van der Waals surface area contributed by atoms with Gasteiger partial charge in [-0.2, -0.15) is 11.8 Å². The minimum absolute atomic E-state index is 0.0253. The van der Waals surface area contributed by atoms with Gasteiger partial charge in [0.2, 0.25) is 0 Å². The molecule has 0 saturated heterocycles. The van der Waals surface area contributed by atoms with E-state index < -0.39 is 0 Å². The summed E-state index contributed by atoms with van der Waals surface area (Å²) >= 11 is 3.69. The molecule has 0 N–H and O–H groups in total. The van der Waals surface area contributed by atoms with E-state index in [1.165, 1.54) is 21.8 Å². The van der Waals surface area contributed by atoms with Gasteiger partial charge in [-0.1, -0.05) is 6.07 Å². The van der Waals surface area contributed by atoms with E-state index in [0.717, 1.165) is 42.0 Å². The number of nitrogens with zero attached hydrogens (tertiary/aromatic N) is 1. The second kappa shape index (κ2) is 5.58. The first-order chi connectivity index (χ1) is 10.3. The Balaban J connectivity index is 1.68. The van der Waals surface area contributed by atoms with Crippen LogP contribution in [0.5, 0.6) is 0 Å². The van der Waals surface area contributed by atoms with Gasteiger partial charge in [0, 0.05) is 16.8 Å². The predicted molar refractivity (Wildman–Crippen MR) is 88.4 cm³/mol. The highest BCUT2D eigenvalue weighted by Gasteiger charge is 2.30. The zero-order valence-electron chi connectivity index (χ0n) is 11.8. The van der Waals surface area contributed by atoms with Gasteiger partial charge in [-0.05, 0) is 54.7 Å². The number of ketones is 1. The fourth-order valence-electron chi connectivity index (χ4n) is 3.30. The van der Waals surface area contributed by atoms with E-state index in [1.807, 2.05) is 24.0 Å². The lowest BCUT2D eigenvalue weighted by molar-refractivity contribution is 0.0953. The van der Waals surface area contributed by atoms with Gasteiger partial charge in [0.05, 0.1) is 16.5 Å². The Kier molecular flexibility index (Phi) is 3.59. The summed E-state index contributed by atoms with van der Waals surface area (Å²) in [6.45, 7) is 0. The molecule has 1 aliphatic heterocycles. The van der Waals surface area contributed by atoms with E-state index in [0.29, 0.717) is 5.78 Å². The Labute approximate surface area is 133 Å². The number of pyridine rings is 1. The van der Waals surface area contributed by atoms with Crippen molar-refractivity contribution >= 4 is 28.9 Å². The summed E-state index contributed by atoms with van der Waals surface area (Å²) in [6, 6.07) is 6.25. The van der Waals surface area contributed by atoms with Crippen molar-refractivity contribution in [2.45, 2.75) is 37.4 Å². The Bertz CT molecular complexity index is 668. The number of aromatic nitrogens is 1. The Morgan fingerprint density at radius 1 is 1.29 bits per heavy atom. The molecule has 2 aromatic heterocycles. The van der Waals surface area contributed by atoms with Crippen molar-refractivity contribution in [2.24, 2.45) is 0 Å². The van der Waals surface area contributed by atoms with Crippen LogP contribution in [0.15, 0.2) is 24.4 Å². The minimum atomic E-state index is -0.0253. The van der Waals surface area contributed by atoms with Crippen LogP contribution in [0.25, 0.3) is 0 Å². The van der Waals surface area contributed by atoms with Gasteiger partial charge < -0.3 is 0 Å². The first-order valence-electron chi connectivity index (χ1n) is 7.50. The van der Waals surface area contributed by atoms with Crippen LogP contribution in [-0.4, -0.2) is 16.5 Å². The summed E-state index contributed by atoms with van der Waals surface area (Å²) in [5.74, 6) is 2.52. The van der Waals surface area contributed by atoms with Gasteiger partial charge in [0.1, 0.15) is 0 Å². The molecule has 0 spiro atoms. The standard InChI is InChI=1S/C17H17NOS2/c19-17(15-9-12-10-20-8-6-14(12)21-15)13-5-1-3-11-4-2-7-18-16(11)13/h2,4,7,9,13H,1,3,5-6,8,10H2. The van der Waals surface area contributed by atoms with Gasteiger partial charge in [0.15, 0.2) is 5.78 Å². The van der Waals surface area contributed by atoms with Crippen LogP contribution in [0, 0.1) is 0 Å². The number of carbonyl (C=O) groups is 1. The van der Waals surface area contributed by atoms with Crippen molar-refractivity contribution in [2.75, 3.05) is 5.75 Å². The van der Waals surface area contributed by atoms with Crippen molar-refractivity contribution in [3.63, 3.8) is 0 Å². The Morgan fingerprint density at radius 2 is 2.24 bits per heavy atom. The molecule has 2 nitrogen and oxygen atoms in total. The Morgan fingerprint density at radius 3 is 3.14 bits per heavy atom. The third-order valence-corrected chi connectivity index (χ3v) is 6.64. The van der Waals surface area contributed by atoms with E-state index in [2.05, 4.69) is 17.1 Å². The maximum absolute atomic E-state index is 12.9. The molecule has 0 bridgehead atoms. The zero-order valence-corrected chi connectivity index (χ0v) is 13.4. The van der Waals surface area contributed by atoms with E-state index in [1.54, 1.807) is 11.3 Å². The Hall–Kier alpha value is -1.13. The van der Waals surface area contributed by atoms with Gasteiger partial charge in [-0.25, -0.2) is 0 Å². The van der Waals surface area contributed by atoms with Crippen molar-refractivity contribution < 1.29 is 4.79 Å². The fourth-order valence-corrected chi connectivity index (χ4v) is 5.67. The molecule has 1 atom stereocenters. The third kappa shape index (κ3) is 2.44. The molecule has 1 unspecified atom stereocenters. The summed E-state index contributed by atoms with van der Waals surface area (Å²) in [4.78, 5) is 19.8. The van der Waals surface area contributed by atoms with Gasteiger partial charge in [0.25, 0.3) is 0 Å². The monoisotopic (exact) mass is 315 g/mol. The van der Waals surface area contributed by atoms with E-state index in [9.17, 15) is 4.79 Å². The lowest BCUT2D eigenvalue weighted by atomic mass is 9.83. The number of rotatable bonds is 2. The highest BCUT2D eigenvalue weighted by molar-refractivity contribution is 7.98. The second-order valence-electron chi connectivity index (χ2n) is 5.72.